The van der Waals surface area contributed by atoms with E-state index in [1.165, 1.54) is 11.8 Å². The van der Waals surface area contributed by atoms with E-state index in [-0.39, 0.29) is 5.91 Å². The summed E-state index contributed by atoms with van der Waals surface area (Å²) in [6.07, 6.45) is -0.511. The largest absolute Gasteiger partial charge is 0.494 e. The van der Waals surface area contributed by atoms with Gasteiger partial charge in [-0.1, -0.05) is 76.2 Å². The Labute approximate surface area is 204 Å². The van der Waals surface area contributed by atoms with E-state index >= 15 is 0 Å². The first-order valence-corrected chi connectivity index (χ1v) is 12.4. The average molecular weight is 521 g/mol. The summed E-state index contributed by atoms with van der Waals surface area (Å²) in [5.74, 6) is 1.26. The number of benzene rings is 3. The Hall–Kier alpha value is -3.10. The number of amides is 1. The normalized spacial score (nSPS) is 16.8. The lowest BCUT2D eigenvalue weighted by Gasteiger charge is -2.34. The fourth-order valence-corrected chi connectivity index (χ4v) is 5.05. The second-order valence-electron chi connectivity index (χ2n) is 7.46. The van der Waals surface area contributed by atoms with Crippen molar-refractivity contribution in [1.82, 2.24) is 10.3 Å². The highest BCUT2D eigenvalue weighted by Gasteiger charge is 2.35. The van der Waals surface area contributed by atoms with Gasteiger partial charge in [-0.3, -0.25) is 15.1 Å². The number of carbonyl (C=O) groups is 1. The monoisotopic (exact) mass is 520 g/mol. The Kier molecular flexibility index (Phi) is 6.20. The molecule has 33 heavy (non-hydrogen) atoms. The minimum absolute atomic E-state index is 0.190. The van der Waals surface area contributed by atoms with E-state index in [4.69, 9.17) is 14.8 Å². The fourth-order valence-electron chi connectivity index (χ4n) is 3.80. The number of halogens is 1. The van der Waals surface area contributed by atoms with E-state index in [2.05, 4.69) is 33.4 Å². The summed E-state index contributed by atoms with van der Waals surface area (Å²) in [6.45, 7) is 2.51. The predicted molar refractivity (Wildman–Crippen MR) is 134 cm³/mol. The Morgan fingerprint density at radius 1 is 1.09 bits per heavy atom. The molecule has 0 saturated carbocycles. The quantitative estimate of drug-likeness (QED) is 0.553. The van der Waals surface area contributed by atoms with E-state index < -0.39 is 6.17 Å². The summed E-state index contributed by atoms with van der Waals surface area (Å²) in [5.41, 5.74) is 2.52. The van der Waals surface area contributed by atoms with Gasteiger partial charge in [0.1, 0.15) is 11.4 Å². The van der Waals surface area contributed by atoms with Crippen molar-refractivity contribution in [3.8, 4) is 5.75 Å². The molecule has 5 rings (SSSR count). The highest BCUT2D eigenvalue weighted by Crippen LogP contribution is 2.36. The average Bonchev–Trinajstić information content (AvgIpc) is 2.84. The number of nitrogens with zero attached hydrogens (tertiary/aromatic N) is 3. The Morgan fingerprint density at radius 2 is 1.88 bits per heavy atom. The van der Waals surface area contributed by atoms with Crippen molar-refractivity contribution in [2.24, 2.45) is 10.1 Å². The number of nitrogens with one attached hydrogen (secondary N) is 1. The molecule has 2 aliphatic rings. The molecule has 166 valence electrons. The molecule has 0 aliphatic carbocycles. The molecule has 0 fully saturated rings. The van der Waals surface area contributed by atoms with Crippen LogP contribution in [-0.2, 0) is 10.5 Å². The van der Waals surface area contributed by atoms with Crippen molar-refractivity contribution in [2.45, 2.75) is 18.8 Å². The van der Waals surface area contributed by atoms with Gasteiger partial charge in [0.2, 0.25) is 0 Å². The number of rotatable bonds is 5. The first-order valence-electron chi connectivity index (χ1n) is 10.6. The number of ether oxygens (including phenoxy) is 1. The van der Waals surface area contributed by atoms with Gasteiger partial charge in [0.15, 0.2) is 11.3 Å². The Morgan fingerprint density at radius 3 is 2.70 bits per heavy atom. The van der Waals surface area contributed by atoms with Crippen LogP contribution in [0.25, 0.3) is 5.70 Å². The lowest BCUT2D eigenvalue weighted by molar-refractivity contribution is -0.116. The lowest BCUT2D eigenvalue weighted by Crippen LogP contribution is -2.50. The maximum Gasteiger partial charge on any atom is 0.276 e. The first-order chi connectivity index (χ1) is 16.1. The van der Waals surface area contributed by atoms with Crippen LogP contribution in [0.15, 0.2) is 87.4 Å². The molecular weight excluding hydrogens is 500 g/mol. The molecule has 2 heterocycles. The number of amidine groups is 1. The minimum atomic E-state index is -0.511. The number of hydrogen-bond donors (Lipinski definition) is 1. The molecule has 1 atom stereocenters. The van der Waals surface area contributed by atoms with Crippen LogP contribution in [0.2, 0.25) is 0 Å². The molecule has 1 N–H and O–H groups in total. The van der Waals surface area contributed by atoms with Gasteiger partial charge in [0, 0.05) is 21.0 Å². The second-order valence-corrected chi connectivity index (χ2v) is 9.28. The summed E-state index contributed by atoms with van der Waals surface area (Å²) in [6, 6.07) is 23.6. The first kappa shape index (κ1) is 21.7. The summed E-state index contributed by atoms with van der Waals surface area (Å²) >= 11 is 5.15. The number of carbonyl (C=O) groups excluding carboxylic acids is 1. The highest BCUT2D eigenvalue weighted by atomic mass is 79.9. The molecule has 3 aromatic carbocycles. The van der Waals surface area contributed by atoms with Crippen LogP contribution >= 0.6 is 27.7 Å². The van der Waals surface area contributed by atoms with Gasteiger partial charge in [-0.2, -0.15) is 0 Å². The van der Waals surface area contributed by atoms with Crippen LogP contribution in [0, 0.1) is 0 Å². The smallest absolute Gasteiger partial charge is 0.276 e. The van der Waals surface area contributed by atoms with Crippen LogP contribution in [0.4, 0.5) is 0 Å². The van der Waals surface area contributed by atoms with Crippen molar-refractivity contribution in [3.05, 3.63) is 99.0 Å². The molecule has 1 unspecified atom stereocenters. The van der Waals surface area contributed by atoms with Crippen LogP contribution in [-0.4, -0.2) is 22.7 Å². The van der Waals surface area contributed by atoms with Crippen molar-refractivity contribution in [3.63, 3.8) is 0 Å². The fraction of sp³-hybridized carbons (Fsp3) is 0.160. The number of hydrogen-bond acceptors (Lipinski definition) is 6. The van der Waals surface area contributed by atoms with Crippen molar-refractivity contribution in [2.75, 3.05) is 6.61 Å². The van der Waals surface area contributed by atoms with E-state index in [9.17, 15) is 4.79 Å². The lowest BCUT2D eigenvalue weighted by atomic mass is 10.1. The summed E-state index contributed by atoms with van der Waals surface area (Å²) in [4.78, 5) is 18.3. The zero-order valence-corrected chi connectivity index (χ0v) is 20.3. The molecule has 0 saturated heterocycles. The number of hydrazone groups is 1. The third kappa shape index (κ3) is 4.41. The van der Waals surface area contributed by atoms with Crippen LogP contribution in [0.5, 0.6) is 5.75 Å². The maximum atomic E-state index is 13.3. The molecule has 2 aliphatic heterocycles. The second kappa shape index (κ2) is 9.41. The number of fused-ring (bicyclic) bond motifs is 2. The predicted octanol–water partition coefficient (Wildman–Crippen LogP) is 3.92. The molecule has 0 aromatic heterocycles. The van der Waals surface area contributed by atoms with Crippen molar-refractivity contribution < 1.29 is 9.53 Å². The molecule has 0 spiro atoms. The third-order valence-electron chi connectivity index (χ3n) is 5.29. The van der Waals surface area contributed by atoms with Crippen LogP contribution in [0.1, 0.15) is 24.2 Å². The van der Waals surface area contributed by atoms with Gasteiger partial charge < -0.3 is 4.74 Å². The van der Waals surface area contributed by atoms with Gasteiger partial charge in [0.25, 0.3) is 5.91 Å². The Bertz CT molecular complexity index is 1360. The topological polar surface area (TPSA) is 66.3 Å². The molecular formula is C25H21BrN4O2S. The van der Waals surface area contributed by atoms with E-state index in [1.807, 2.05) is 67.6 Å². The van der Waals surface area contributed by atoms with E-state index in [1.54, 1.807) is 5.01 Å². The number of thioether (sulfide) groups is 1. The summed E-state index contributed by atoms with van der Waals surface area (Å²) < 4.78 is 6.59. The molecule has 8 heteroatoms. The van der Waals surface area contributed by atoms with Crippen LogP contribution in [0.3, 0.4) is 0 Å². The third-order valence-corrected chi connectivity index (χ3v) is 6.95. The maximum absolute atomic E-state index is 13.3. The van der Waals surface area contributed by atoms with E-state index in [0.717, 1.165) is 31.9 Å². The van der Waals surface area contributed by atoms with Crippen LogP contribution < -0.4 is 20.6 Å². The van der Waals surface area contributed by atoms with Gasteiger partial charge in [0.05, 0.1) is 12.0 Å². The minimum Gasteiger partial charge on any atom is -0.494 e. The molecule has 0 radical (unpaired) electrons. The van der Waals surface area contributed by atoms with Gasteiger partial charge in [-0.05, 0) is 36.8 Å². The van der Waals surface area contributed by atoms with Crippen molar-refractivity contribution in [1.29, 1.82) is 0 Å². The van der Waals surface area contributed by atoms with Gasteiger partial charge in [-0.25, -0.2) is 5.01 Å². The zero-order valence-electron chi connectivity index (χ0n) is 17.9. The standard InChI is InChI=1S/C25H21BrN4O2S/c1-2-32-17-12-13-20(26)19(14-17)23-27-21-11-7-6-10-18(21)22-24(31)28-25(29-30(22)23)33-15-16-8-4-3-5-9-16/h3-14,23H,2,15H2,1H3,(H,28,29,31). The zero-order chi connectivity index (χ0) is 22.8. The summed E-state index contributed by atoms with van der Waals surface area (Å²) in [7, 11) is 0. The summed E-state index contributed by atoms with van der Waals surface area (Å²) in [5, 5.41) is 11.6. The van der Waals surface area contributed by atoms with Gasteiger partial charge >= 0.3 is 0 Å². The van der Waals surface area contributed by atoms with E-state index in [0.29, 0.717) is 23.2 Å². The Balaban J connectivity index is 1.59. The van der Waals surface area contributed by atoms with Gasteiger partial charge in [-0.15, -0.1) is 5.10 Å². The number of para-hydroxylation sites is 1. The molecule has 6 nitrogen and oxygen atoms in total. The SMILES string of the molecule is CCOc1ccc(Br)c(C2N=c3ccccc3=C3C(=O)NC(SCc4ccccc4)=NN32)c1. The molecule has 0 bridgehead atoms. The molecule has 1 amide bonds. The van der Waals surface area contributed by atoms with Crippen molar-refractivity contribution >= 4 is 44.5 Å². The molecule has 3 aromatic rings. The highest BCUT2D eigenvalue weighted by molar-refractivity contribution is 9.10.